The van der Waals surface area contributed by atoms with Gasteiger partial charge in [-0.3, -0.25) is 14.5 Å². The van der Waals surface area contributed by atoms with E-state index in [0.29, 0.717) is 23.7 Å². The smallest absolute Gasteiger partial charge is 0.416 e. The summed E-state index contributed by atoms with van der Waals surface area (Å²) in [6, 6.07) is 11.2. The first-order valence-electron chi connectivity index (χ1n) is 12.8. The van der Waals surface area contributed by atoms with Gasteiger partial charge in [0.05, 0.1) is 35.8 Å². The number of rotatable bonds is 8. The Morgan fingerprint density at radius 2 is 1.75 bits per heavy atom. The molecule has 4 aromatic rings. The zero-order valence-electron chi connectivity index (χ0n) is 21.7. The van der Waals surface area contributed by atoms with Crippen LogP contribution in [0.25, 0.3) is 11.0 Å². The molecule has 0 fully saturated rings. The summed E-state index contributed by atoms with van der Waals surface area (Å²) in [5, 5.41) is -0.0907. The number of hydrogen-bond acceptors (Lipinski definition) is 5. The van der Waals surface area contributed by atoms with E-state index >= 15 is 0 Å². The molecule has 1 amide bonds. The second-order valence-corrected chi connectivity index (χ2v) is 9.28. The van der Waals surface area contributed by atoms with Crippen LogP contribution in [-0.4, -0.2) is 19.1 Å². The number of carbonyl (C=O) groups is 1. The maximum Gasteiger partial charge on any atom is 0.416 e. The normalized spacial score (nSPS) is 15.0. The highest BCUT2D eigenvalue weighted by Crippen LogP contribution is 2.44. The molecule has 0 bridgehead atoms. The standard InChI is InChI=1S/C30H25F4NO5/c1-3-5-13-39-23-11-9-17(14-24(23)38-4-2)26-25-27(36)21-16-19(31)10-12-22(21)40-28(25)29(37)35(26)20-8-6-7-18(15-20)30(32,33)34/h6-12,14-16,26H,3-5,13H2,1-2H3. The predicted octanol–water partition coefficient (Wildman–Crippen LogP) is 7.28. The number of amides is 1. The lowest BCUT2D eigenvalue weighted by Crippen LogP contribution is -2.29. The minimum absolute atomic E-state index is 0.0159. The minimum atomic E-state index is -4.67. The number of halogens is 4. The van der Waals surface area contributed by atoms with E-state index in [1.807, 2.05) is 6.92 Å². The van der Waals surface area contributed by atoms with Gasteiger partial charge in [0.2, 0.25) is 5.76 Å². The Balaban J connectivity index is 1.73. The molecule has 1 atom stereocenters. The van der Waals surface area contributed by atoms with E-state index in [-0.39, 0.29) is 34.6 Å². The van der Waals surface area contributed by atoms with Crippen molar-refractivity contribution in [2.45, 2.75) is 38.9 Å². The second-order valence-electron chi connectivity index (χ2n) is 9.28. The Hall–Kier alpha value is -4.34. The molecular formula is C30H25F4NO5. The lowest BCUT2D eigenvalue weighted by molar-refractivity contribution is -0.137. The molecule has 0 N–H and O–H groups in total. The van der Waals surface area contributed by atoms with Crippen molar-refractivity contribution in [1.82, 2.24) is 0 Å². The molecule has 1 aliphatic heterocycles. The van der Waals surface area contributed by atoms with E-state index in [4.69, 9.17) is 13.9 Å². The van der Waals surface area contributed by atoms with Crippen molar-refractivity contribution in [1.29, 1.82) is 0 Å². The van der Waals surface area contributed by atoms with E-state index in [2.05, 4.69) is 0 Å². The van der Waals surface area contributed by atoms with Crippen molar-refractivity contribution < 1.29 is 36.2 Å². The fourth-order valence-electron chi connectivity index (χ4n) is 4.77. The van der Waals surface area contributed by atoms with Crippen LogP contribution in [0.1, 0.15) is 60.0 Å². The Bertz CT molecular complexity index is 1650. The molecule has 0 radical (unpaired) electrons. The fourth-order valence-corrected chi connectivity index (χ4v) is 4.77. The molecule has 1 aliphatic rings. The summed E-state index contributed by atoms with van der Waals surface area (Å²) in [6.45, 7) is 4.53. The van der Waals surface area contributed by atoms with Gasteiger partial charge in [-0.2, -0.15) is 13.2 Å². The van der Waals surface area contributed by atoms with Crippen LogP contribution in [0, 0.1) is 5.82 Å². The first kappa shape index (κ1) is 27.2. The molecule has 5 rings (SSSR count). The molecule has 0 spiro atoms. The van der Waals surface area contributed by atoms with Crippen molar-refractivity contribution in [3.05, 3.63) is 99.2 Å². The van der Waals surface area contributed by atoms with Crippen LogP contribution < -0.4 is 19.8 Å². The van der Waals surface area contributed by atoms with Crippen molar-refractivity contribution >= 4 is 22.6 Å². The lowest BCUT2D eigenvalue weighted by atomic mass is 9.97. The Morgan fingerprint density at radius 1 is 0.950 bits per heavy atom. The lowest BCUT2D eigenvalue weighted by Gasteiger charge is -2.26. The quantitative estimate of drug-likeness (QED) is 0.169. The second kappa shape index (κ2) is 10.7. The fraction of sp³-hybridized carbons (Fsp3) is 0.267. The van der Waals surface area contributed by atoms with Crippen LogP contribution in [0.4, 0.5) is 23.2 Å². The van der Waals surface area contributed by atoms with Gasteiger partial charge in [0.25, 0.3) is 5.91 Å². The van der Waals surface area contributed by atoms with Crippen LogP contribution in [0.5, 0.6) is 11.5 Å². The highest BCUT2D eigenvalue weighted by molar-refractivity contribution is 6.10. The molecule has 0 aliphatic carbocycles. The zero-order chi connectivity index (χ0) is 28.6. The molecule has 208 valence electrons. The summed E-state index contributed by atoms with van der Waals surface area (Å²) < 4.78 is 72.3. The van der Waals surface area contributed by atoms with Gasteiger partial charge in [-0.25, -0.2) is 4.39 Å². The molecular weight excluding hydrogens is 530 g/mol. The molecule has 10 heteroatoms. The van der Waals surface area contributed by atoms with Gasteiger partial charge in [-0.05, 0) is 67.4 Å². The summed E-state index contributed by atoms with van der Waals surface area (Å²) in [4.78, 5) is 28.5. The van der Waals surface area contributed by atoms with E-state index in [1.54, 1.807) is 25.1 Å². The van der Waals surface area contributed by atoms with Gasteiger partial charge in [-0.1, -0.05) is 25.5 Å². The van der Waals surface area contributed by atoms with Crippen LogP contribution in [0.15, 0.2) is 69.9 Å². The molecule has 2 heterocycles. The third kappa shape index (κ3) is 4.89. The van der Waals surface area contributed by atoms with E-state index in [9.17, 15) is 27.2 Å². The highest BCUT2D eigenvalue weighted by atomic mass is 19.4. The van der Waals surface area contributed by atoms with Crippen molar-refractivity contribution in [2.24, 2.45) is 0 Å². The third-order valence-electron chi connectivity index (χ3n) is 6.62. The van der Waals surface area contributed by atoms with Gasteiger partial charge in [0.15, 0.2) is 16.9 Å². The van der Waals surface area contributed by atoms with Gasteiger partial charge in [-0.15, -0.1) is 0 Å². The van der Waals surface area contributed by atoms with Gasteiger partial charge < -0.3 is 13.9 Å². The molecule has 1 unspecified atom stereocenters. The average molecular weight is 556 g/mol. The average Bonchev–Trinajstić information content (AvgIpc) is 3.22. The number of nitrogens with zero attached hydrogens (tertiary/aromatic N) is 1. The number of ether oxygens (including phenoxy) is 2. The number of unbranched alkanes of at least 4 members (excludes halogenated alkanes) is 1. The van der Waals surface area contributed by atoms with Crippen LogP contribution >= 0.6 is 0 Å². The first-order valence-corrected chi connectivity index (χ1v) is 12.8. The Morgan fingerprint density at radius 3 is 2.48 bits per heavy atom. The van der Waals surface area contributed by atoms with Crippen LogP contribution in [0.2, 0.25) is 0 Å². The summed E-state index contributed by atoms with van der Waals surface area (Å²) in [6.07, 6.45) is -2.94. The number of alkyl halides is 3. The predicted molar refractivity (Wildman–Crippen MR) is 141 cm³/mol. The Labute approximate surface area is 226 Å². The number of hydrogen-bond donors (Lipinski definition) is 0. The van der Waals surface area contributed by atoms with E-state index < -0.39 is 34.9 Å². The summed E-state index contributed by atoms with van der Waals surface area (Å²) in [5.74, 6) is -1.02. The van der Waals surface area contributed by atoms with Crippen molar-refractivity contribution in [2.75, 3.05) is 18.1 Å². The number of carbonyl (C=O) groups excluding carboxylic acids is 1. The Kier molecular flexibility index (Phi) is 7.27. The van der Waals surface area contributed by atoms with E-state index in [1.165, 1.54) is 18.2 Å². The van der Waals surface area contributed by atoms with Gasteiger partial charge >= 0.3 is 6.18 Å². The van der Waals surface area contributed by atoms with E-state index in [0.717, 1.165) is 42.0 Å². The maximum atomic E-state index is 14.1. The molecule has 1 aromatic heterocycles. The number of benzene rings is 3. The van der Waals surface area contributed by atoms with Crippen LogP contribution in [0.3, 0.4) is 0 Å². The van der Waals surface area contributed by atoms with Crippen molar-refractivity contribution in [3.8, 4) is 11.5 Å². The summed E-state index contributed by atoms with van der Waals surface area (Å²) >= 11 is 0. The van der Waals surface area contributed by atoms with Crippen LogP contribution in [-0.2, 0) is 6.18 Å². The molecule has 0 saturated carbocycles. The monoisotopic (exact) mass is 555 g/mol. The maximum absolute atomic E-state index is 14.1. The highest BCUT2D eigenvalue weighted by Gasteiger charge is 2.44. The third-order valence-corrected chi connectivity index (χ3v) is 6.62. The van der Waals surface area contributed by atoms with Gasteiger partial charge in [0.1, 0.15) is 11.4 Å². The molecule has 0 saturated heterocycles. The number of fused-ring (bicyclic) bond motifs is 2. The first-order chi connectivity index (χ1) is 19.1. The molecule has 40 heavy (non-hydrogen) atoms. The zero-order valence-corrected chi connectivity index (χ0v) is 21.7. The summed E-state index contributed by atoms with van der Waals surface area (Å²) in [7, 11) is 0. The molecule has 3 aromatic carbocycles. The van der Waals surface area contributed by atoms with Gasteiger partial charge in [0, 0.05) is 5.69 Å². The topological polar surface area (TPSA) is 69.0 Å². The summed E-state index contributed by atoms with van der Waals surface area (Å²) in [5.41, 5.74) is -1.47. The largest absolute Gasteiger partial charge is 0.490 e. The minimum Gasteiger partial charge on any atom is -0.490 e. The molecule has 6 nitrogen and oxygen atoms in total. The SMILES string of the molecule is CCCCOc1ccc(C2c3c(oc4ccc(F)cc4c3=O)C(=O)N2c2cccc(C(F)(F)F)c2)cc1OCC. The van der Waals surface area contributed by atoms with Crippen molar-refractivity contribution in [3.63, 3.8) is 0 Å². The number of anilines is 1.